The van der Waals surface area contributed by atoms with Gasteiger partial charge in [0.15, 0.2) is 5.69 Å². The molecule has 1 fully saturated rings. The van der Waals surface area contributed by atoms with E-state index in [9.17, 15) is 9.59 Å². The van der Waals surface area contributed by atoms with Crippen molar-refractivity contribution in [3.8, 4) is 0 Å². The first-order chi connectivity index (χ1) is 9.15. The van der Waals surface area contributed by atoms with E-state index >= 15 is 0 Å². The Morgan fingerprint density at radius 3 is 2.89 bits per heavy atom. The van der Waals surface area contributed by atoms with E-state index in [1.54, 1.807) is 0 Å². The topological polar surface area (TPSA) is 91.3 Å². The van der Waals surface area contributed by atoms with Gasteiger partial charge in [-0.2, -0.15) is 0 Å². The molecule has 0 aromatic carbocycles. The summed E-state index contributed by atoms with van der Waals surface area (Å²) in [5.41, 5.74) is 0.0671. The maximum atomic E-state index is 11.5. The van der Waals surface area contributed by atoms with E-state index in [4.69, 9.17) is 5.11 Å². The highest BCUT2D eigenvalue weighted by Crippen LogP contribution is 2.27. The number of carbonyl (C=O) groups excluding carboxylic acids is 1. The van der Waals surface area contributed by atoms with Crippen molar-refractivity contribution >= 4 is 23.2 Å². The predicted octanol–water partition coefficient (Wildman–Crippen LogP) is 0.500. The van der Waals surface area contributed by atoms with Crippen molar-refractivity contribution < 1.29 is 14.7 Å². The summed E-state index contributed by atoms with van der Waals surface area (Å²) in [7, 11) is 0. The molecule has 7 heteroatoms. The number of hydrogen-bond donors (Lipinski definition) is 3. The zero-order chi connectivity index (χ0) is 13.7. The molecule has 1 heterocycles. The Morgan fingerprint density at radius 1 is 1.47 bits per heavy atom. The Balaban J connectivity index is 1.59. The molecule has 0 saturated heterocycles. The summed E-state index contributed by atoms with van der Waals surface area (Å²) in [5.74, 6) is -0.288. The molecular formula is C12H17N3O3S. The number of carboxylic acids is 1. The molecule has 0 spiro atoms. The van der Waals surface area contributed by atoms with E-state index in [1.165, 1.54) is 29.6 Å². The van der Waals surface area contributed by atoms with Gasteiger partial charge in [0.1, 0.15) is 0 Å². The molecule has 19 heavy (non-hydrogen) atoms. The number of hydrogen-bond acceptors (Lipinski definition) is 5. The maximum absolute atomic E-state index is 11.5. The number of aromatic nitrogens is 1. The van der Waals surface area contributed by atoms with Gasteiger partial charge < -0.3 is 15.7 Å². The van der Waals surface area contributed by atoms with Gasteiger partial charge in [-0.05, 0) is 25.3 Å². The van der Waals surface area contributed by atoms with Crippen LogP contribution < -0.4 is 10.6 Å². The van der Waals surface area contributed by atoms with Crippen molar-refractivity contribution in [3.63, 3.8) is 0 Å². The second-order valence-electron chi connectivity index (χ2n) is 4.61. The van der Waals surface area contributed by atoms with Crippen LogP contribution in [-0.2, 0) is 11.2 Å². The fraction of sp³-hybridized carbons (Fsp3) is 0.583. The van der Waals surface area contributed by atoms with E-state index < -0.39 is 5.97 Å². The van der Waals surface area contributed by atoms with Crippen LogP contribution in [0.4, 0.5) is 0 Å². The van der Waals surface area contributed by atoms with Crippen LogP contribution in [0.2, 0.25) is 0 Å². The molecular weight excluding hydrogens is 266 g/mol. The molecule has 0 radical (unpaired) electrons. The highest BCUT2D eigenvalue weighted by atomic mass is 32.1. The molecule has 3 N–H and O–H groups in total. The van der Waals surface area contributed by atoms with Crippen LogP contribution in [0.3, 0.4) is 0 Å². The van der Waals surface area contributed by atoms with Crippen molar-refractivity contribution in [1.82, 2.24) is 15.6 Å². The molecule has 0 atom stereocenters. The summed E-state index contributed by atoms with van der Waals surface area (Å²) >= 11 is 1.30. The van der Waals surface area contributed by atoms with Crippen molar-refractivity contribution in [3.05, 3.63) is 16.1 Å². The van der Waals surface area contributed by atoms with Gasteiger partial charge in [0.25, 0.3) is 0 Å². The van der Waals surface area contributed by atoms with Crippen molar-refractivity contribution in [2.45, 2.75) is 19.3 Å². The number of thiazole rings is 1. The smallest absolute Gasteiger partial charge is 0.355 e. The molecule has 1 aliphatic rings. The zero-order valence-corrected chi connectivity index (χ0v) is 11.3. The van der Waals surface area contributed by atoms with Crippen LogP contribution in [0.25, 0.3) is 0 Å². The van der Waals surface area contributed by atoms with E-state index in [0.717, 1.165) is 17.5 Å². The lowest BCUT2D eigenvalue weighted by atomic mass is 10.4. The summed E-state index contributed by atoms with van der Waals surface area (Å²) < 4.78 is 0. The molecule has 1 aromatic heterocycles. The normalized spacial score (nSPS) is 14.3. The van der Waals surface area contributed by atoms with Gasteiger partial charge >= 0.3 is 5.97 Å². The average molecular weight is 283 g/mol. The second-order valence-corrected chi connectivity index (χ2v) is 5.55. The summed E-state index contributed by atoms with van der Waals surface area (Å²) in [6.45, 7) is 1.74. The van der Waals surface area contributed by atoms with Crippen molar-refractivity contribution in [1.29, 1.82) is 0 Å². The maximum Gasteiger partial charge on any atom is 0.355 e. The Bertz CT molecular complexity index is 457. The van der Waals surface area contributed by atoms with Gasteiger partial charge in [0.2, 0.25) is 5.91 Å². The third-order valence-electron chi connectivity index (χ3n) is 2.85. The SMILES string of the molecule is O=C(CNCC1CC1)NCCc1nc(C(=O)O)cs1. The summed E-state index contributed by atoms with van der Waals surface area (Å²) in [6.07, 6.45) is 3.10. The van der Waals surface area contributed by atoms with E-state index in [1.807, 2.05) is 0 Å². The van der Waals surface area contributed by atoms with Crippen LogP contribution in [-0.4, -0.2) is 41.6 Å². The minimum Gasteiger partial charge on any atom is -0.476 e. The van der Waals surface area contributed by atoms with Gasteiger partial charge in [-0.3, -0.25) is 4.79 Å². The molecule has 1 aliphatic carbocycles. The standard InChI is InChI=1S/C12H17N3O3S/c16-10(6-13-5-8-1-2-8)14-4-3-11-15-9(7-19-11)12(17)18/h7-8,13H,1-6H2,(H,14,16)(H,17,18). The van der Waals surface area contributed by atoms with Gasteiger partial charge in [-0.1, -0.05) is 0 Å². The zero-order valence-electron chi connectivity index (χ0n) is 10.5. The first-order valence-electron chi connectivity index (χ1n) is 6.30. The first kappa shape index (κ1) is 14.0. The summed E-state index contributed by atoms with van der Waals surface area (Å²) in [6, 6.07) is 0. The minimum absolute atomic E-state index is 0.0318. The third-order valence-corrected chi connectivity index (χ3v) is 3.76. The van der Waals surface area contributed by atoms with Crippen molar-refractivity contribution in [2.24, 2.45) is 5.92 Å². The Morgan fingerprint density at radius 2 is 2.26 bits per heavy atom. The molecule has 0 unspecified atom stereocenters. The minimum atomic E-state index is -1.02. The Kier molecular flexibility index (Phi) is 4.86. The quantitative estimate of drug-likeness (QED) is 0.646. The monoisotopic (exact) mass is 283 g/mol. The fourth-order valence-electron chi connectivity index (χ4n) is 1.61. The number of rotatable bonds is 8. The van der Waals surface area contributed by atoms with Crippen LogP contribution in [0, 0.1) is 5.92 Å². The molecule has 1 aromatic rings. The third kappa shape index (κ3) is 4.96. The van der Waals surface area contributed by atoms with E-state index in [0.29, 0.717) is 19.5 Å². The summed E-state index contributed by atoms with van der Waals surface area (Å²) in [4.78, 5) is 26.1. The Hall–Kier alpha value is -1.47. The lowest BCUT2D eigenvalue weighted by Crippen LogP contribution is -2.35. The number of amides is 1. The van der Waals surface area contributed by atoms with Crippen LogP contribution in [0.15, 0.2) is 5.38 Å². The van der Waals surface area contributed by atoms with Crippen LogP contribution in [0.1, 0.15) is 28.3 Å². The predicted molar refractivity (Wildman–Crippen MR) is 71.4 cm³/mol. The lowest BCUT2D eigenvalue weighted by molar-refractivity contribution is -0.120. The van der Waals surface area contributed by atoms with E-state index in [-0.39, 0.29) is 11.6 Å². The fourth-order valence-corrected chi connectivity index (χ4v) is 2.38. The average Bonchev–Trinajstić information content (AvgIpc) is 3.05. The number of carboxylic acid groups (broad SMARTS) is 1. The number of carbonyl (C=O) groups is 2. The van der Waals surface area contributed by atoms with E-state index in [2.05, 4.69) is 15.6 Å². The molecule has 0 aliphatic heterocycles. The van der Waals surface area contributed by atoms with Gasteiger partial charge in [0.05, 0.1) is 11.6 Å². The molecule has 6 nitrogen and oxygen atoms in total. The summed E-state index contributed by atoms with van der Waals surface area (Å²) in [5, 5.41) is 16.9. The highest BCUT2D eigenvalue weighted by Gasteiger charge is 2.20. The molecule has 104 valence electrons. The Labute approximate surface area is 115 Å². The highest BCUT2D eigenvalue weighted by molar-refractivity contribution is 7.09. The lowest BCUT2D eigenvalue weighted by Gasteiger charge is -2.05. The first-order valence-corrected chi connectivity index (χ1v) is 7.18. The number of nitrogens with one attached hydrogen (secondary N) is 2. The van der Waals surface area contributed by atoms with Crippen molar-refractivity contribution in [2.75, 3.05) is 19.6 Å². The van der Waals surface area contributed by atoms with Crippen LogP contribution >= 0.6 is 11.3 Å². The second kappa shape index (κ2) is 6.63. The molecule has 0 bridgehead atoms. The van der Waals surface area contributed by atoms with Gasteiger partial charge in [-0.15, -0.1) is 11.3 Å². The molecule has 1 saturated carbocycles. The molecule has 2 rings (SSSR count). The number of aromatic carboxylic acids is 1. The number of nitrogens with zero attached hydrogens (tertiary/aromatic N) is 1. The van der Waals surface area contributed by atoms with Gasteiger partial charge in [0, 0.05) is 18.3 Å². The molecule has 1 amide bonds. The van der Waals surface area contributed by atoms with Gasteiger partial charge in [-0.25, -0.2) is 9.78 Å². The van der Waals surface area contributed by atoms with Crippen LogP contribution in [0.5, 0.6) is 0 Å². The largest absolute Gasteiger partial charge is 0.476 e.